The smallest absolute Gasteiger partial charge is 0.194 e. The fourth-order valence-corrected chi connectivity index (χ4v) is 5.97. The first kappa shape index (κ1) is 22.0. The number of benzene rings is 1. The minimum atomic E-state index is 0. The first-order valence-electron chi connectivity index (χ1n) is 11.3. The molecule has 2 saturated heterocycles. The van der Waals surface area contributed by atoms with E-state index in [4.69, 9.17) is 14.5 Å². The second kappa shape index (κ2) is 9.10. The predicted octanol–water partition coefficient (Wildman–Crippen LogP) is 3.36. The number of fused-ring (bicyclic) bond motifs is 2. The van der Waals surface area contributed by atoms with Crippen LogP contribution in [-0.2, 0) is 4.74 Å². The van der Waals surface area contributed by atoms with Crippen LogP contribution in [-0.4, -0.2) is 69.4 Å². The third-order valence-corrected chi connectivity index (χ3v) is 7.63. The molecule has 2 aliphatic heterocycles. The average Bonchev–Trinajstić information content (AvgIpc) is 3.15. The zero-order chi connectivity index (χ0) is 19.8. The molecule has 1 aromatic carbocycles. The van der Waals surface area contributed by atoms with E-state index in [1.54, 1.807) is 7.11 Å². The summed E-state index contributed by atoms with van der Waals surface area (Å²) < 4.78 is 11.5. The Morgan fingerprint density at radius 1 is 1.27 bits per heavy atom. The molecule has 2 aliphatic carbocycles. The van der Waals surface area contributed by atoms with Crippen LogP contribution in [0.5, 0.6) is 5.75 Å². The van der Waals surface area contributed by atoms with E-state index in [1.807, 2.05) is 6.07 Å². The summed E-state index contributed by atoms with van der Waals surface area (Å²) in [5, 5.41) is 3.92. The molecule has 166 valence electrons. The number of nitrogens with one attached hydrogen (secondary N) is 1. The number of hydrogen-bond donors (Lipinski definition) is 1. The molecule has 30 heavy (non-hydrogen) atoms. The van der Waals surface area contributed by atoms with Crippen molar-refractivity contribution in [2.75, 3.05) is 51.3 Å². The van der Waals surface area contributed by atoms with Crippen LogP contribution in [0.1, 0.15) is 32.6 Å². The lowest BCUT2D eigenvalue weighted by Crippen LogP contribution is -2.73. The van der Waals surface area contributed by atoms with Gasteiger partial charge in [-0.05, 0) is 38.3 Å². The lowest BCUT2D eigenvalue weighted by molar-refractivity contribution is -0.171. The Balaban J connectivity index is 0.00000218. The summed E-state index contributed by atoms with van der Waals surface area (Å²) in [4.78, 5) is 9.78. The maximum Gasteiger partial charge on any atom is 0.194 e. The Hall–Kier alpha value is -1.22. The second-order valence-electron chi connectivity index (χ2n) is 8.93. The van der Waals surface area contributed by atoms with Gasteiger partial charge in [0.15, 0.2) is 5.96 Å². The predicted molar refractivity (Wildman–Crippen MR) is 131 cm³/mol. The van der Waals surface area contributed by atoms with Crippen LogP contribution in [0.4, 0.5) is 5.69 Å². The molecule has 0 bridgehead atoms. The summed E-state index contributed by atoms with van der Waals surface area (Å²) in [7, 11) is 1.73. The van der Waals surface area contributed by atoms with Crippen molar-refractivity contribution < 1.29 is 9.47 Å². The van der Waals surface area contributed by atoms with Gasteiger partial charge in [0.25, 0.3) is 0 Å². The van der Waals surface area contributed by atoms with E-state index in [1.165, 1.54) is 31.4 Å². The Kier molecular flexibility index (Phi) is 6.67. The third-order valence-electron chi connectivity index (χ3n) is 7.63. The fraction of sp³-hybridized carbons (Fsp3) is 0.696. The highest BCUT2D eigenvalue weighted by Crippen LogP contribution is 2.62. The van der Waals surface area contributed by atoms with Crippen molar-refractivity contribution >= 4 is 35.6 Å². The lowest BCUT2D eigenvalue weighted by atomic mass is 9.46. The van der Waals surface area contributed by atoms with Gasteiger partial charge in [-0.2, -0.15) is 0 Å². The van der Waals surface area contributed by atoms with E-state index in [2.05, 4.69) is 40.2 Å². The second-order valence-corrected chi connectivity index (χ2v) is 8.93. The number of piperazine rings is 1. The van der Waals surface area contributed by atoms with Gasteiger partial charge in [-0.25, -0.2) is 0 Å². The van der Waals surface area contributed by atoms with E-state index in [0.717, 1.165) is 51.0 Å². The normalized spacial score (nSPS) is 29.5. The van der Waals surface area contributed by atoms with Crippen LogP contribution in [0.25, 0.3) is 0 Å². The Labute approximate surface area is 197 Å². The maximum atomic E-state index is 6.10. The molecule has 4 fully saturated rings. The highest BCUT2D eigenvalue weighted by Gasteiger charge is 2.66. The summed E-state index contributed by atoms with van der Waals surface area (Å²) in [6.45, 7) is 7.89. The zero-order valence-corrected chi connectivity index (χ0v) is 20.5. The zero-order valence-electron chi connectivity index (χ0n) is 18.2. The molecule has 5 rings (SSSR count). The minimum Gasteiger partial charge on any atom is -0.497 e. The van der Waals surface area contributed by atoms with Gasteiger partial charge in [0, 0.05) is 68.5 Å². The van der Waals surface area contributed by atoms with Crippen LogP contribution in [0.2, 0.25) is 0 Å². The fourth-order valence-electron chi connectivity index (χ4n) is 5.97. The van der Waals surface area contributed by atoms with Crippen LogP contribution in [0, 0.1) is 11.3 Å². The number of hydrogen-bond acceptors (Lipinski definition) is 4. The number of methoxy groups -OCH3 is 1. The number of guanidine groups is 1. The number of nitrogens with zero attached hydrogens (tertiary/aromatic N) is 3. The Morgan fingerprint density at radius 3 is 2.73 bits per heavy atom. The van der Waals surface area contributed by atoms with Crippen molar-refractivity contribution in [1.82, 2.24) is 10.2 Å². The number of ether oxygens (including phenoxy) is 2. The maximum absolute atomic E-state index is 6.10. The summed E-state index contributed by atoms with van der Waals surface area (Å²) in [6.07, 6.45) is 5.68. The van der Waals surface area contributed by atoms with Gasteiger partial charge >= 0.3 is 0 Å². The monoisotopic (exact) mass is 526 g/mol. The molecule has 3 unspecified atom stereocenters. The van der Waals surface area contributed by atoms with Crippen molar-refractivity contribution in [3.63, 3.8) is 0 Å². The topological polar surface area (TPSA) is 49.3 Å². The molecule has 3 atom stereocenters. The van der Waals surface area contributed by atoms with Crippen LogP contribution >= 0.6 is 24.0 Å². The van der Waals surface area contributed by atoms with Gasteiger partial charge < -0.3 is 24.6 Å². The van der Waals surface area contributed by atoms with Gasteiger partial charge in [-0.15, -0.1) is 24.0 Å². The highest BCUT2D eigenvalue weighted by molar-refractivity contribution is 14.0. The number of aliphatic imine (C=N–C) groups is 1. The number of halogens is 1. The summed E-state index contributed by atoms with van der Waals surface area (Å²) >= 11 is 0. The van der Waals surface area contributed by atoms with E-state index in [0.29, 0.717) is 23.5 Å². The Morgan fingerprint density at radius 2 is 2.07 bits per heavy atom. The van der Waals surface area contributed by atoms with Gasteiger partial charge in [0.05, 0.1) is 13.2 Å². The molecular weight excluding hydrogens is 491 g/mol. The van der Waals surface area contributed by atoms with E-state index in [9.17, 15) is 0 Å². The number of rotatable bonds is 4. The molecule has 0 radical (unpaired) electrons. The van der Waals surface area contributed by atoms with Crippen molar-refractivity contribution in [2.24, 2.45) is 16.3 Å². The molecule has 2 saturated carbocycles. The first-order valence-corrected chi connectivity index (χ1v) is 11.3. The van der Waals surface area contributed by atoms with E-state index in [-0.39, 0.29) is 24.0 Å². The molecule has 1 N–H and O–H groups in total. The molecule has 1 aromatic rings. The van der Waals surface area contributed by atoms with Gasteiger partial charge in [-0.3, -0.25) is 4.99 Å². The van der Waals surface area contributed by atoms with Gasteiger partial charge in [0.2, 0.25) is 0 Å². The molecule has 1 spiro atoms. The third kappa shape index (κ3) is 3.66. The molecule has 6 nitrogen and oxygen atoms in total. The van der Waals surface area contributed by atoms with Crippen molar-refractivity contribution in [1.29, 1.82) is 0 Å². The largest absolute Gasteiger partial charge is 0.497 e. The van der Waals surface area contributed by atoms with Crippen molar-refractivity contribution in [3.05, 3.63) is 24.3 Å². The molecule has 0 aromatic heterocycles. The minimum absolute atomic E-state index is 0. The van der Waals surface area contributed by atoms with Crippen LogP contribution < -0.4 is 15.0 Å². The lowest BCUT2D eigenvalue weighted by Gasteiger charge is -2.63. The number of anilines is 1. The summed E-state index contributed by atoms with van der Waals surface area (Å²) in [6, 6.07) is 8.92. The Bertz CT molecular complexity index is 761. The molecular formula is C23H35IN4O2. The summed E-state index contributed by atoms with van der Waals surface area (Å²) in [5.74, 6) is 2.71. The van der Waals surface area contributed by atoms with Gasteiger partial charge in [-0.1, -0.05) is 12.5 Å². The highest BCUT2D eigenvalue weighted by atomic mass is 127. The molecule has 4 aliphatic rings. The van der Waals surface area contributed by atoms with E-state index >= 15 is 0 Å². The quantitative estimate of drug-likeness (QED) is 0.371. The van der Waals surface area contributed by atoms with Gasteiger partial charge in [0.1, 0.15) is 5.75 Å². The first-order chi connectivity index (χ1) is 14.2. The molecule has 0 amide bonds. The average molecular weight is 526 g/mol. The van der Waals surface area contributed by atoms with Crippen LogP contribution in [0.15, 0.2) is 29.3 Å². The standard InChI is InChI=1S/C23H34N4O2.HI/c1-3-24-22(25-20-19-8-15-29-21(19)23(20)9-5-10-23)27-13-11-26(12-14-27)17-6-4-7-18(16-17)28-2;/h4,6-7,16,19-21H,3,5,8-15H2,1-2H3,(H,24,25);1H. The van der Waals surface area contributed by atoms with Crippen molar-refractivity contribution in [3.8, 4) is 5.75 Å². The SMILES string of the molecule is CCN=C(NC1C2CCOC2C12CCC2)N1CCN(c2cccc(OC)c2)CC1.I. The summed E-state index contributed by atoms with van der Waals surface area (Å²) in [5.41, 5.74) is 1.63. The van der Waals surface area contributed by atoms with E-state index < -0.39 is 0 Å². The van der Waals surface area contributed by atoms with Crippen molar-refractivity contribution in [2.45, 2.75) is 44.8 Å². The van der Waals surface area contributed by atoms with Crippen LogP contribution in [0.3, 0.4) is 0 Å². The molecule has 7 heteroatoms. The molecule has 2 heterocycles.